The Labute approximate surface area is 72.0 Å². The summed E-state index contributed by atoms with van der Waals surface area (Å²) in [5, 5.41) is 0. The molecule has 0 spiro atoms. The van der Waals surface area contributed by atoms with Crippen molar-refractivity contribution in [3.63, 3.8) is 0 Å². The second-order valence-corrected chi connectivity index (χ2v) is 2.04. The molecule has 0 aliphatic rings. The summed E-state index contributed by atoms with van der Waals surface area (Å²) < 4.78 is 0. The molecule has 1 heterocycles. The van der Waals surface area contributed by atoms with Crippen LogP contribution in [0.3, 0.4) is 0 Å². The first-order valence-electron chi connectivity index (χ1n) is 2.76. The van der Waals surface area contributed by atoms with E-state index in [-0.39, 0.29) is 11.5 Å². The molecule has 0 saturated carbocycles. The van der Waals surface area contributed by atoms with Crippen molar-refractivity contribution < 1.29 is 4.79 Å². The summed E-state index contributed by atoms with van der Waals surface area (Å²) in [4.78, 5) is 20.7. The highest BCUT2D eigenvalue weighted by atomic mass is 79.9. The molecular formula is C7H3BrN2O. The fourth-order valence-corrected chi connectivity index (χ4v) is 0.703. The Hall–Kier alpha value is -1.21. The maximum Gasteiger partial charge on any atom is 0.256 e. The molecule has 0 amide bonds. The van der Waals surface area contributed by atoms with Crippen LogP contribution in [0, 0.1) is 10.8 Å². The van der Waals surface area contributed by atoms with Crippen molar-refractivity contribution in [2.45, 2.75) is 0 Å². The predicted molar refractivity (Wildman–Crippen MR) is 43.1 cm³/mol. The highest BCUT2D eigenvalue weighted by molar-refractivity contribution is 9.12. The first kappa shape index (κ1) is 7.89. The van der Waals surface area contributed by atoms with Gasteiger partial charge in [-0.05, 0) is 10.8 Å². The number of rotatable bonds is 1. The van der Waals surface area contributed by atoms with E-state index in [1.54, 1.807) is 0 Å². The normalized spacial score (nSPS) is 8.09. The summed E-state index contributed by atoms with van der Waals surface area (Å²) in [5.74, 6) is 1.95. The molecule has 0 fully saturated rings. The van der Waals surface area contributed by atoms with Gasteiger partial charge in [0.25, 0.3) is 5.78 Å². The van der Waals surface area contributed by atoms with Crippen LogP contribution >= 0.6 is 15.9 Å². The number of ketones is 1. The molecule has 54 valence electrons. The zero-order valence-corrected chi connectivity index (χ0v) is 7.00. The maximum absolute atomic E-state index is 10.9. The third-order valence-corrected chi connectivity index (χ3v) is 1.15. The zero-order chi connectivity index (χ0) is 8.10. The number of hydrogen-bond acceptors (Lipinski definition) is 3. The van der Waals surface area contributed by atoms with Crippen molar-refractivity contribution >= 4 is 21.7 Å². The molecule has 0 aliphatic heterocycles. The van der Waals surface area contributed by atoms with Gasteiger partial charge in [0.05, 0.1) is 6.20 Å². The molecular weight excluding hydrogens is 208 g/mol. The minimum absolute atomic E-state index is 0.263. The molecule has 1 aromatic rings. The van der Waals surface area contributed by atoms with Gasteiger partial charge in [-0.25, -0.2) is 4.98 Å². The minimum atomic E-state index is -0.338. The third-order valence-electron chi connectivity index (χ3n) is 0.957. The standard InChI is InChI=1S/C7H3BrN2O/c8-2-1-7(11)6-5-9-3-4-10-6/h3-5H. The van der Waals surface area contributed by atoms with E-state index >= 15 is 0 Å². The van der Waals surface area contributed by atoms with Crippen LogP contribution < -0.4 is 0 Å². The van der Waals surface area contributed by atoms with Gasteiger partial charge in [-0.15, -0.1) is 0 Å². The van der Waals surface area contributed by atoms with E-state index in [2.05, 4.69) is 36.6 Å². The Balaban J connectivity index is 2.92. The van der Waals surface area contributed by atoms with Gasteiger partial charge in [0, 0.05) is 28.3 Å². The summed E-state index contributed by atoms with van der Waals surface area (Å²) in [6.07, 6.45) is 4.32. The van der Waals surface area contributed by atoms with Gasteiger partial charge < -0.3 is 0 Å². The fourth-order valence-electron chi connectivity index (χ4n) is 0.523. The number of nitrogens with zero attached hydrogens (tertiary/aromatic N) is 2. The summed E-state index contributed by atoms with van der Waals surface area (Å²) in [6.45, 7) is 0. The Kier molecular flexibility index (Phi) is 2.75. The van der Waals surface area contributed by atoms with Gasteiger partial charge in [-0.2, -0.15) is 0 Å². The van der Waals surface area contributed by atoms with Gasteiger partial charge in [0.2, 0.25) is 0 Å². The van der Waals surface area contributed by atoms with E-state index in [9.17, 15) is 4.79 Å². The fraction of sp³-hybridized carbons (Fsp3) is 0. The highest BCUT2D eigenvalue weighted by Crippen LogP contribution is 1.90. The molecule has 0 unspecified atom stereocenters. The monoisotopic (exact) mass is 210 g/mol. The summed E-state index contributed by atoms with van der Waals surface area (Å²) >= 11 is 2.82. The summed E-state index contributed by atoms with van der Waals surface area (Å²) in [7, 11) is 0. The van der Waals surface area contributed by atoms with E-state index in [1.807, 2.05) is 0 Å². The molecule has 1 aromatic heterocycles. The van der Waals surface area contributed by atoms with E-state index in [1.165, 1.54) is 18.6 Å². The summed E-state index contributed by atoms with van der Waals surface area (Å²) in [5.41, 5.74) is 0.263. The van der Waals surface area contributed by atoms with Crippen LogP contribution in [0.4, 0.5) is 0 Å². The largest absolute Gasteiger partial charge is 0.277 e. The minimum Gasteiger partial charge on any atom is -0.277 e. The number of Topliss-reactive ketones (excluding diaryl/α,β-unsaturated/α-hetero) is 1. The molecule has 11 heavy (non-hydrogen) atoms. The number of carbonyl (C=O) groups excluding carboxylic acids is 1. The van der Waals surface area contributed by atoms with Crippen LogP contribution in [0.2, 0.25) is 0 Å². The molecule has 0 atom stereocenters. The molecule has 0 bridgehead atoms. The van der Waals surface area contributed by atoms with Crippen molar-refractivity contribution in [1.29, 1.82) is 0 Å². The van der Waals surface area contributed by atoms with Crippen molar-refractivity contribution in [1.82, 2.24) is 9.97 Å². The molecule has 0 aliphatic carbocycles. The van der Waals surface area contributed by atoms with E-state index < -0.39 is 0 Å². The second kappa shape index (κ2) is 3.84. The van der Waals surface area contributed by atoms with Gasteiger partial charge >= 0.3 is 0 Å². The molecule has 0 aromatic carbocycles. The molecule has 0 saturated heterocycles. The first-order chi connectivity index (χ1) is 5.34. The average molecular weight is 211 g/mol. The van der Waals surface area contributed by atoms with E-state index in [4.69, 9.17) is 0 Å². The zero-order valence-electron chi connectivity index (χ0n) is 5.41. The lowest BCUT2D eigenvalue weighted by Gasteiger charge is -1.87. The first-order valence-corrected chi connectivity index (χ1v) is 3.56. The number of halogens is 1. The highest BCUT2D eigenvalue weighted by Gasteiger charge is 2.00. The van der Waals surface area contributed by atoms with Crippen LogP contribution in [0.15, 0.2) is 18.6 Å². The van der Waals surface area contributed by atoms with Crippen molar-refractivity contribution in [3.8, 4) is 10.8 Å². The van der Waals surface area contributed by atoms with Crippen LogP contribution in [0.1, 0.15) is 10.5 Å². The number of aromatic nitrogens is 2. The van der Waals surface area contributed by atoms with Crippen molar-refractivity contribution in [3.05, 3.63) is 24.3 Å². The Bertz CT molecular complexity index is 312. The third kappa shape index (κ3) is 2.13. The SMILES string of the molecule is O=C(C#CBr)c1cnccn1. The quantitative estimate of drug-likeness (QED) is 0.514. The molecule has 0 N–H and O–H groups in total. The number of hydrogen-bond donors (Lipinski definition) is 0. The van der Waals surface area contributed by atoms with Gasteiger partial charge in [-0.3, -0.25) is 9.78 Å². The van der Waals surface area contributed by atoms with Crippen LogP contribution in [0.25, 0.3) is 0 Å². The maximum atomic E-state index is 10.9. The van der Waals surface area contributed by atoms with E-state index in [0.717, 1.165) is 0 Å². The Morgan fingerprint density at radius 1 is 1.55 bits per heavy atom. The Morgan fingerprint density at radius 2 is 2.36 bits per heavy atom. The second-order valence-electron chi connectivity index (χ2n) is 1.64. The van der Waals surface area contributed by atoms with Crippen LogP contribution in [-0.4, -0.2) is 15.8 Å². The van der Waals surface area contributed by atoms with Gasteiger partial charge in [-0.1, -0.05) is 0 Å². The van der Waals surface area contributed by atoms with Crippen molar-refractivity contribution in [2.24, 2.45) is 0 Å². The van der Waals surface area contributed by atoms with Gasteiger partial charge in [0.15, 0.2) is 0 Å². The number of carbonyl (C=O) groups is 1. The lowest BCUT2D eigenvalue weighted by Crippen LogP contribution is -1.98. The average Bonchev–Trinajstić information content (AvgIpc) is 2.07. The smallest absolute Gasteiger partial charge is 0.256 e. The van der Waals surface area contributed by atoms with Crippen LogP contribution in [-0.2, 0) is 0 Å². The summed E-state index contributed by atoms with van der Waals surface area (Å²) in [6, 6.07) is 0. The molecule has 0 radical (unpaired) electrons. The van der Waals surface area contributed by atoms with Gasteiger partial charge in [0.1, 0.15) is 5.69 Å². The molecule has 1 rings (SSSR count). The molecule has 3 nitrogen and oxygen atoms in total. The van der Waals surface area contributed by atoms with Crippen molar-refractivity contribution in [2.75, 3.05) is 0 Å². The lowest BCUT2D eigenvalue weighted by molar-refractivity contribution is 0.105. The molecule has 4 heteroatoms. The van der Waals surface area contributed by atoms with E-state index in [0.29, 0.717) is 0 Å². The predicted octanol–water partition coefficient (Wildman–Crippen LogP) is 1.02. The lowest BCUT2D eigenvalue weighted by atomic mass is 10.3. The van der Waals surface area contributed by atoms with Crippen LogP contribution in [0.5, 0.6) is 0 Å². The topological polar surface area (TPSA) is 42.9 Å². The Morgan fingerprint density at radius 3 is 2.91 bits per heavy atom.